The van der Waals surface area contributed by atoms with E-state index in [2.05, 4.69) is 57.8 Å². The first-order valence-electron chi connectivity index (χ1n) is 8.52. The second-order valence-corrected chi connectivity index (χ2v) is 6.67. The molecule has 3 rings (SSSR count). The summed E-state index contributed by atoms with van der Waals surface area (Å²) in [5, 5.41) is 3.41. The van der Waals surface area contributed by atoms with E-state index in [9.17, 15) is 0 Å². The van der Waals surface area contributed by atoms with E-state index >= 15 is 0 Å². The predicted octanol–water partition coefficient (Wildman–Crippen LogP) is 5.30. The van der Waals surface area contributed by atoms with Crippen molar-refractivity contribution < 1.29 is 9.47 Å². The van der Waals surface area contributed by atoms with Crippen LogP contribution >= 0.6 is 0 Å². The van der Waals surface area contributed by atoms with E-state index in [-0.39, 0.29) is 0 Å². The van der Waals surface area contributed by atoms with Crippen molar-refractivity contribution in [3.05, 3.63) is 70.8 Å². The van der Waals surface area contributed by atoms with Crippen molar-refractivity contribution in [3.8, 4) is 11.5 Å². The number of benzene rings is 2. The molecule has 25 heavy (non-hydrogen) atoms. The van der Waals surface area contributed by atoms with Crippen LogP contribution in [-0.4, -0.2) is 6.79 Å². The van der Waals surface area contributed by atoms with Crippen LogP contribution in [0.3, 0.4) is 0 Å². The molecule has 2 aromatic carbocycles. The number of ether oxygens (including phenoxy) is 2. The lowest BCUT2D eigenvalue weighted by atomic mass is 9.95. The predicted molar refractivity (Wildman–Crippen MR) is 104 cm³/mol. The molecule has 0 unspecified atom stereocenters. The minimum atomic E-state index is 0.300. The normalized spacial score (nSPS) is 12.0. The van der Waals surface area contributed by atoms with Gasteiger partial charge in [-0.15, -0.1) is 0 Å². The van der Waals surface area contributed by atoms with Gasteiger partial charge in [-0.1, -0.05) is 30.4 Å². The Balaban J connectivity index is 1.73. The van der Waals surface area contributed by atoms with Gasteiger partial charge in [-0.3, -0.25) is 0 Å². The maximum absolute atomic E-state index is 5.43. The van der Waals surface area contributed by atoms with E-state index in [1.54, 1.807) is 0 Å². The van der Waals surface area contributed by atoms with Crippen molar-refractivity contribution in [1.82, 2.24) is 5.32 Å². The molecule has 0 aliphatic carbocycles. The summed E-state index contributed by atoms with van der Waals surface area (Å²) in [5.74, 6) is 1.62. The maximum atomic E-state index is 5.43. The topological polar surface area (TPSA) is 30.5 Å². The highest BCUT2D eigenvalue weighted by Crippen LogP contribution is 2.32. The molecule has 0 fully saturated rings. The van der Waals surface area contributed by atoms with Crippen LogP contribution in [-0.2, 0) is 6.54 Å². The molecule has 3 nitrogen and oxygen atoms in total. The van der Waals surface area contributed by atoms with E-state index in [1.807, 2.05) is 18.2 Å². The van der Waals surface area contributed by atoms with Crippen LogP contribution in [0.15, 0.2) is 48.6 Å². The first kappa shape index (κ1) is 17.2. The number of nitrogens with one attached hydrogen (secondary N) is 1. The average Bonchev–Trinajstić information content (AvgIpc) is 3.07. The first-order valence-corrected chi connectivity index (χ1v) is 8.52. The van der Waals surface area contributed by atoms with Gasteiger partial charge >= 0.3 is 0 Å². The quantitative estimate of drug-likeness (QED) is 0.804. The maximum Gasteiger partial charge on any atom is 0.231 e. The Morgan fingerprint density at radius 3 is 2.56 bits per heavy atom. The summed E-state index contributed by atoms with van der Waals surface area (Å²) in [6.45, 7) is 13.8. The summed E-state index contributed by atoms with van der Waals surface area (Å²) in [6, 6.07) is 12.5. The Labute approximate surface area is 150 Å². The van der Waals surface area contributed by atoms with Crippen LogP contribution < -0.4 is 14.8 Å². The Morgan fingerprint density at radius 1 is 1.04 bits per heavy atom. The lowest BCUT2D eigenvalue weighted by molar-refractivity contribution is 0.174. The molecule has 0 saturated carbocycles. The van der Waals surface area contributed by atoms with Gasteiger partial charge in [0.2, 0.25) is 6.79 Å². The van der Waals surface area contributed by atoms with Crippen molar-refractivity contribution in [1.29, 1.82) is 0 Å². The Morgan fingerprint density at radius 2 is 1.80 bits per heavy atom. The molecule has 0 bridgehead atoms. The van der Waals surface area contributed by atoms with E-state index < -0.39 is 0 Å². The monoisotopic (exact) mass is 335 g/mol. The Kier molecular flexibility index (Phi) is 4.84. The van der Waals surface area contributed by atoms with Crippen molar-refractivity contribution in [2.75, 3.05) is 6.79 Å². The van der Waals surface area contributed by atoms with Crippen LogP contribution in [0.4, 0.5) is 0 Å². The molecule has 1 N–H and O–H groups in total. The van der Waals surface area contributed by atoms with Crippen LogP contribution in [0, 0.1) is 6.92 Å². The van der Waals surface area contributed by atoms with Gasteiger partial charge in [0.1, 0.15) is 0 Å². The highest BCUT2D eigenvalue weighted by Gasteiger charge is 2.13. The van der Waals surface area contributed by atoms with E-state index in [0.717, 1.165) is 28.3 Å². The number of fused-ring (bicyclic) bond motifs is 1. The van der Waals surface area contributed by atoms with Crippen molar-refractivity contribution in [3.63, 3.8) is 0 Å². The largest absolute Gasteiger partial charge is 0.454 e. The summed E-state index contributed by atoms with van der Waals surface area (Å²) < 4.78 is 10.8. The van der Waals surface area contributed by atoms with E-state index in [0.29, 0.717) is 13.3 Å². The van der Waals surface area contributed by atoms with Gasteiger partial charge in [-0.2, -0.15) is 0 Å². The second-order valence-electron chi connectivity index (χ2n) is 6.67. The number of hydrogen-bond acceptors (Lipinski definition) is 3. The SMILES string of the molecule is C=C(NCc1ccc2c(c1)OCO2)c1ccc(C)c(C(C)=C(C)C)c1. The molecule has 130 valence electrons. The molecule has 0 aromatic heterocycles. The van der Waals surface area contributed by atoms with Gasteiger partial charge in [0, 0.05) is 12.2 Å². The smallest absolute Gasteiger partial charge is 0.231 e. The molecule has 1 aliphatic rings. The Hall–Kier alpha value is -2.68. The minimum absolute atomic E-state index is 0.300. The molecule has 0 amide bonds. The van der Waals surface area contributed by atoms with Gasteiger partial charge in [0.15, 0.2) is 11.5 Å². The summed E-state index contributed by atoms with van der Waals surface area (Å²) in [7, 11) is 0. The van der Waals surface area contributed by atoms with Crippen molar-refractivity contribution >= 4 is 11.3 Å². The van der Waals surface area contributed by atoms with Crippen LogP contribution in [0.5, 0.6) is 11.5 Å². The summed E-state index contributed by atoms with van der Waals surface area (Å²) in [4.78, 5) is 0. The molecule has 0 atom stereocenters. The zero-order chi connectivity index (χ0) is 18.0. The molecular formula is C22H25NO2. The molecule has 1 aliphatic heterocycles. The Bertz CT molecular complexity index is 845. The molecule has 2 aromatic rings. The lowest BCUT2D eigenvalue weighted by Crippen LogP contribution is -2.11. The fourth-order valence-electron chi connectivity index (χ4n) is 2.84. The average molecular weight is 335 g/mol. The third-order valence-corrected chi connectivity index (χ3v) is 4.68. The van der Waals surface area contributed by atoms with Crippen molar-refractivity contribution in [2.24, 2.45) is 0 Å². The van der Waals surface area contributed by atoms with Gasteiger partial charge in [-0.05, 0) is 73.7 Å². The molecule has 0 saturated heterocycles. The third kappa shape index (κ3) is 3.71. The molecule has 0 spiro atoms. The number of hydrogen-bond donors (Lipinski definition) is 1. The summed E-state index contributed by atoms with van der Waals surface area (Å²) in [5.41, 5.74) is 8.39. The fourth-order valence-corrected chi connectivity index (χ4v) is 2.84. The number of aryl methyl sites for hydroxylation is 1. The van der Waals surface area contributed by atoms with Gasteiger partial charge in [-0.25, -0.2) is 0 Å². The summed E-state index contributed by atoms with van der Waals surface area (Å²) >= 11 is 0. The van der Waals surface area contributed by atoms with Crippen LogP contribution in [0.25, 0.3) is 11.3 Å². The van der Waals surface area contributed by atoms with E-state index in [1.165, 1.54) is 22.3 Å². The number of allylic oxidation sites excluding steroid dienone is 2. The molecule has 3 heteroatoms. The lowest BCUT2D eigenvalue weighted by Gasteiger charge is -2.14. The van der Waals surface area contributed by atoms with Gasteiger partial charge < -0.3 is 14.8 Å². The molecule has 0 radical (unpaired) electrons. The van der Waals surface area contributed by atoms with Crippen LogP contribution in [0.1, 0.15) is 43.0 Å². The number of rotatable bonds is 5. The first-order chi connectivity index (χ1) is 12.0. The van der Waals surface area contributed by atoms with Crippen LogP contribution in [0.2, 0.25) is 0 Å². The zero-order valence-corrected chi connectivity index (χ0v) is 15.4. The molecular weight excluding hydrogens is 310 g/mol. The second kappa shape index (κ2) is 7.06. The van der Waals surface area contributed by atoms with Gasteiger partial charge in [0.05, 0.1) is 0 Å². The fraction of sp³-hybridized carbons (Fsp3) is 0.273. The zero-order valence-electron chi connectivity index (χ0n) is 15.4. The molecule has 1 heterocycles. The van der Waals surface area contributed by atoms with Gasteiger partial charge in [0.25, 0.3) is 0 Å². The highest BCUT2D eigenvalue weighted by molar-refractivity contribution is 5.73. The third-order valence-electron chi connectivity index (χ3n) is 4.68. The highest BCUT2D eigenvalue weighted by atomic mass is 16.7. The standard InChI is InChI=1S/C22H25NO2/c1-14(2)16(4)20-11-19(8-6-15(20)3)17(5)23-12-18-7-9-21-22(10-18)25-13-24-21/h6-11,23H,5,12-13H2,1-4H3. The van der Waals surface area contributed by atoms with Crippen molar-refractivity contribution in [2.45, 2.75) is 34.2 Å². The summed E-state index contributed by atoms with van der Waals surface area (Å²) in [6.07, 6.45) is 0. The van der Waals surface area contributed by atoms with E-state index in [4.69, 9.17) is 9.47 Å². The minimum Gasteiger partial charge on any atom is -0.454 e.